The second kappa shape index (κ2) is 7.42. The normalized spacial score (nSPS) is 16.8. The zero-order chi connectivity index (χ0) is 15.2. The number of amidine groups is 1. The van der Waals surface area contributed by atoms with E-state index in [0.29, 0.717) is 12.0 Å². The van der Waals surface area contributed by atoms with E-state index in [4.69, 9.17) is 26.8 Å². The van der Waals surface area contributed by atoms with Gasteiger partial charge in [0.15, 0.2) is 11.0 Å². The smallest absolute Gasteiger partial charge is 0.287 e. The molecule has 3 N–H and O–H groups in total. The third-order valence-corrected chi connectivity index (χ3v) is 3.41. The Balaban J connectivity index is 2.48. The molecule has 116 valence electrons. The Morgan fingerprint density at radius 1 is 1.48 bits per heavy atom. The molecule has 0 spiro atoms. The average molecular weight is 317 g/mol. The van der Waals surface area contributed by atoms with Crippen LogP contribution >= 0.6 is 11.6 Å². The highest BCUT2D eigenvalue weighted by Gasteiger charge is 2.21. The van der Waals surface area contributed by atoms with Crippen LogP contribution in [0.25, 0.3) is 0 Å². The zero-order valence-corrected chi connectivity index (χ0v) is 12.5. The van der Waals surface area contributed by atoms with Gasteiger partial charge in [0.2, 0.25) is 5.88 Å². The Labute approximate surface area is 127 Å². The fourth-order valence-electron chi connectivity index (χ4n) is 2.07. The van der Waals surface area contributed by atoms with Gasteiger partial charge in [-0.2, -0.15) is 9.98 Å². The molecule has 0 aliphatic carbocycles. The summed E-state index contributed by atoms with van der Waals surface area (Å²) in [6.07, 6.45) is 3.50. The maximum atomic E-state index is 14.2. The third kappa shape index (κ3) is 3.95. The van der Waals surface area contributed by atoms with Crippen LogP contribution < -0.4 is 15.8 Å². The highest BCUT2D eigenvalue weighted by Crippen LogP contribution is 2.35. The lowest BCUT2D eigenvalue weighted by molar-refractivity contribution is 0.266. The first kappa shape index (κ1) is 15.8. The molecule has 0 fully saturated rings. The summed E-state index contributed by atoms with van der Waals surface area (Å²) >= 11 is 5.81. The van der Waals surface area contributed by atoms with E-state index in [9.17, 15) is 4.39 Å². The van der Waals surface area contributed by atoms with Crippen molar-refractivity contribution < 1.29 is 13.9 Å². The van der Waals surface area contributed by atoms with Crippen LogP contribution in [0.15, 0.2) is 4.99 Å². The molecule has 0 saturated heterocycles. The van der Waals surface area contributed by atoms with Gasteiger partial charge in [0.1, 0.15) is 12.4 Å². The molecule has 0 radical (unpaired) electrons. The van der Waals surface area contributed by atoms with E-state index in [0.717, 1.165) is 25.8 Å². The molecule has 6 nitrogen and oxygen atoms in total. The molecular formula is C13H18ClFN4O2. The molecule has 2 rings (SSSR count). The number of pyridine rings is 1. The van der Waals surface area contributed by atoms with Gasteiger partial charge in [-0.15, -0.1) is 0 Å². The molecule has 1 aromatic heterocycles. The van der Waals surface area contributed by atoms with E-state index >= 15 is 0 Å². The van der Waals surface area contributed by atoms with Crippen LogP contribution in [0.3, 0.4) is 0 Å². The van der Waals surface area contributed by atoms with Gasteiger partial charge in [-0.3, -0.25) is 5.32 Å². The summed E-state index contributed by atoms with van der Waals surface area (Å²) in [5, 5.41) is 2.82. The minimum absolute atomic E-state index is 0.0323. The fraction of sp³-hybridized carbons (Fsp3) is 0.538. The summed E-state index contributed by atoms with van der Waals surface area (Å²) in [5.74, 6) is -0.442. The predicted molar refractivity (Wildman–Crippen MR) is 78.5 cm³/mol. The van der Waals surface area contributed by atoms with E-state index in [1.165, 1.54) is 7.11 Å². The van der Waals surface area contributed by atoms with Gasteiger partial charge >= 0.3 is 0 Å². The second-order valence-electron chi connectivity index (χ2n) is 4.60. The van der Waals surface area contributed by atoms with Crippen molar-refractivity contribution in [3.05, 3.63) is 16.5 Å². The van der Waals surface area contributed by atoms with E-state index in [2.05, 4.69) is 15.3 Å². The molecule has 1 aliphatic heterocycles. The van der Waals surface area contributed by atoms with E-state index in [-0.39, 0.29) is 29.5 Å². The van der Waals surface area contributed by atoms with Gasteiger partial charge in [-0.05, 0) is 25.8 Å². The average Bonchev–Trinajstić information content (AvgIpc) is 2.49. The van der Waals surface area contributed by atoms with Crippen LogP contribution in [0.2, 0.25) is 5.15 Å². The molecule has 0 amide bonds. The SMILES string of the molecule is COC(N)=Nc1c(F)c(Cl)nc2c1CCCCCNCO2. The number of methoxy groups -OCH3 is 1. The Bertz CT molecular complexity index is 539. The number of nitrogens with two attached hydrogens (primary N) is 1. The molecule has 0 aromatic carbocycles. The quantitative estimate of drug-likeness (QED) is 0.471. The van der Waals surface area contributed by atoms with E-state index in [1.807, 2.05) is 0 Å². The van der Waals surface area contributed by atoms with Crippen LogP contribution in [0.5, 0.6) is 5.88 Å². The first-order valence-corrected chi connectivity index (χ1v) is 7.10. The number of nitrogens with one attached hydrogen (secondary N) is 1. The minimum atomic E-state index is -0.718. The maximum absolute atomic E-state index is 14.2. The van der Waals surface area contributed by atoms with Crippen LogP contribution in [0.4, 0.5) is 10.1 Å². The zero-order valence-electron chi connectivity index (χ0n) is 11.8. The van der Waals surface area contributed by atoms with Gasteiger partial charge in [-0.1, -0.05) is 18.0 Å². The lowest BCUT2D eigenvalue weighted by Gasteiger charge is -2.16. The highest BCUT2D eigenvalue weighted by molar-refractivity contribution is 6.29. The summed E-state index contributed by atoms with van der Waals surface area (Å²) in [5.41, 5.74) is 6.12. The van der Waals surface area contributed by atoms with Crippen LogP contribution in [-0.2, 0) is 11.2 Å². The summed E-state index contributed by atoms with van der Waals surface area (Å²) < 4.78 is 24.5. The number of hydrogen-bond donors (Lipinski definition) is 2. The van der Waals surface area contributed by atoms with E-state index < -0.39 is 5.82 Å². The van der Waals surface area contributed by atoms with Gasteiger partial charge in [0, 0.05) is 5.56 Å². The number of ether oxygens (including phenoxy) is 2. The number of rotatable bonds is 1. The van der Waals surface area contributed by atoms with E-state index in [1.54, 1.807) is 0 Å². The molecule has 0 unspecified atom stereocenters. The monoisotopic (exact) mass is 316 g/mol. The first-order chi connectivity index (χ1) is 10.1. The Hall–Kier alpha value is -1.60. The van der Waals surface area contributed by atoms with Gasteiger partial charge in [-0.25, -0.2) is 4.39 Å². The fourth-order valence-corrected chi connectivity index (χ4v) is 2.24. The largest absolute Gasteiger partial charge is 0.469 e. The number of nitrogens with zero attached hydrogens (tertiary/aromatic N) is 2. The molecule has 1 aromatic rings. The maximum Gasteiger partial charge on any atom is 0.287 e. The Morgan fingerprint density at radius 2 is 2.29 bits per heavy atom. The minimum Gasteiger partial charge on any atom is -0.469 e. The summed E-state index contributed by atoms with van der Waals surface area (Å²) in [6.45, 7) is 1.15. The van der Waals surface area contributed by atoms with Crippen molar-refractivity contribution in [1.29, 1.82) is 0 Å². The van der Waals surface area contributed by atoms with Gasteiger partial charge in [0.25, 0.3) is 6.02 Å². The second-order valence-corrected chi connectivity index (χ2v) is 4.96. The molecule has 1 aliphatic rings. The molecule has 8 heteroatoms. The molecule has 0 atom stereocenters. The summed E-state index contributed by atoms with van der Waals surface area (Å²) in [6, 6.07) is -0.145. The number of aliphatic imine (C=N–C) groups is 1. The predicted octanol–water partition coefficient (Wildman–Crippen LogP) is 2.12. The number of halogens is 2. The Kier molecular flexibility index (Phi) is 5.58. The van der Waals surface area contributed by atoms with Crippen LogP contribution in [-0.4, -0.2) is 31.4 Å². The lowest BCUT2D eigenvalue weighted by Crippen LogP contribution is -2.23. The topological polar surface area (TPSA) is 81.8 Å². The van der Waals surface area contributed by atoms with Crippen molar-refractivity contribution in [2.24, 2.45) is 10.7 Å². The van der Waals surface area contributed by atoms with Crippen molar-refractivity contribution in [3.8, 4) is 5.88 Å². The lowest BCUT2D eigenvalue weighted by atomic mass is 10.1. The Morgan fingerprint density at radius 3 is 3.05 bits per heavy atom. The number of hydrogen-bond acceptors (Lipinski definition) is 5. The van der Waals surface area contributed by atoms with Crippen molar-refractivity contribution in [2.45, 2.75) is 25.7 Å². The molecule has 21 heavy (non-hydrogen) atoms. The van der Waals surface area contributed by atoms with Crippen molar-refractivity contribution in [2.75, 3.05) is 20.4 Å². The molecule has 0 bridgehead atoms. The standard InChI is InChI=1S/C13H18ClFN4O2/c1-20-13(16)18-10-8-5-3-2-4-6-17-7-21-12(8)19-11(14)9(10)15/h17H,2-7H2,1H3,(H2,16,18,19). The molecular weight excluding hydrogens is 299 g/mol. The van der Waals surface area contributed by atoms with Crippen molar-refractivity contribution >= 4 is 23.3 Å². The van der Waals surface area contributed by atoms with Crippen molar-refractivity contribution in [1.82, 2.24) is 10.3 Å². The molecule has 2 heterocycles. The summed E-state index contributed by atoms with van der Waals surface area (Å²) in [4.78, 5) is 7.91. The molecule has 0 saturated carbocycles. The van der Waals surface area contributed by atoms with Gasteiger partial charge < -0.3 is 15.2 Å². The van der Waals surface area contributed by atoms with Crippen molar-refractivity contribution in [3.63, 3.8) is 0 Å². The highest BCUT2D eigenvalue weighted by atomic mass is 35.5. The van der Waals surface area contributed by atoms with Gasteiger partial charge in [0.05, 0.1) is 7.11 Å². The number of aromatic nitrogens is 1. The van der Waals surface area contributed by atoms with Crippen LogP contribution in [0.1, 0.15) is 24.8 Å². The first-order valence-electron chi connectivity index (χ1n) is 6.73. The third-order valence-electron chi connectivity index (χ3n) is 3.16. The van der Waals surface area contributed by atoms with Crippen LogP contribution in [0, 0.1) is 5.82 Å². The number of fused-ring (bicyclic) bond motifs is 1. The summed E-state index contributed by atoms with van der Waals surface area (Å²) in [7, 11) is 1.36.